The van der Waals surface area contributed by atoms with Crippen molar-refractivity contribution in [3.8, 4) is 0 Å². The first kappa shape index (κ1) is 20.8. The molecule has 2 rings (SSSR count). The summed E-state index contributed by atoms with van der Waals surface area (Å²) in [5.74, 6) is -3.92. The van der Waals surface area contributed by atoms with Crippen LogP contribution in [0.4, 0.5) is 20.2 Å². The SMILES string of the molecule is CC(=O)Nc1ccc(SCC(=O)Nc2ccc(S(=O)(=O)C(F)F)cc2)cc1. The van der Waals surface area contributed by atoms with E-state index in [1.807, 2.05) is 0 Å². The second kappa shape index (κ2) is 8.96. The average Bonchev–Trinajstić information content (AvgIpc) is 2.61. The predicted molar refractivity (Wildman–Crippen MR) is 99.7 cm³/mol. The fourth-order valence-corrected chi connectivity index (χ4v) is 3.43. The third kappa shape index (κ3) is 6.04. The van der Waals surface area contributed by atoms with Crippen molar-refractivity contribution in [2.75, 3.05) is 16.4 Å². The normalized spacial score (nSPS) is 11.3. The van der Waals surface area contributed by atoms with Gasteiger partial charge in [-0.05, 0) is 48.5 Å². The van der Waals surface area contributed by atoms with Gasteiger partial charge in [-0.1, -0.05) is 0 Å². The quantitative estimate of drug-likeness (QED) is 0.678. The van der Waals surface area contributed by atoms with Crippen LogP contribution in [0.2, 0.25) is 0 Å². The lowest BCUT2D eigenvalue weighted by Crippen LogP contribution is -2.14. The molecule has 0 bridgehead atoms. The Morgan fingerprint density at radius 2 is 1.48 bits per heavy atom. The van der Waals surface area contributed by atoms with Crippen LogP contribution in [0.3, 0.4) is 0 Å². The Bertz CT molecular complexity index is 915. The van der Waals surface area contributed by atoms with Crippen molar-refractivity contribution in [3.63, 3.8) is 0 Å². The summed E-state index contributed by atoms with van der Waals surface area (Å²) < 4.78 is 47.6. The lowest BCUT2D eigenvalue weighted by molar-refractivity contribution is -0.114. The number of halogens is 2. The largest absolute Gasteiger partial charge is 0.341 e. The molecule has 0 atom stereocenters. The highest BCUT2D eigenvalue weighted by Gasteiger charge is 2.26. The van der Waals surface area contributed by atoms with E-state index in [0.29, 0.717) is 11.4 Å². The van der Waals surface area contributed by atoms with E-state index >= 15 is 0 Å². The van der Waals surface area contributed by atoms with Crippen LogP contribution < -0.4 is 10.6 Å². The number of thioether (sulfide) groups is 1. The summed E-state index contributed by atoms with van der Waals surface area (Å²) in [6, 6.07) is 11.5. The molecular weight excluding hydrogens is 398 g/mol. The number of amides is 2. The average molecular weight is 414 g/mol. The lowest BCUT2D eigenvalue weighted by atomic mass is 10.3. The van der Waals surface area contributed by atoms with Gasteiger partial charge in [0.15, 0.2) is 0 Å². The first-order valence-electron chi connectivity index (χ1n) is 7.61. The number of hydrogen-bond donors (Lipinski definition) is 2. The summed E-state index contributed by atoms with van der Waals surface area (Å²) in [7, 11) is -4.66. The zero-order valence-electron chi connectivity index (χ0n) is 14.1. The highest BCUT2D eigenvalue weighted by Crippen LogP contribution is 2.22. The molecule has 27 heavy (non-hydrogen) atoms. The zero-order valence-corrected chi connectivity index (χ0v) is 15.7. The van der Waals surface area contributed by atoms with Gasteiger partial charge < -0.3 is 10.6 Å². The second-order valence-corrected chi connectivity index (χ2v) is 8.34. The van der Waals surface area contributed by atoms with E-state index < -0.39 is 20.5 Å². The van der Waals surface area contributed by atoms with E-state index in [1.54, 1.807) is 24.3 Å². The van der Waals surface area contributed by atoms with Crippen molar-refractivity contribution in [2.45, 2.75) is 22.5 Å². The Morgan fingerprint density at radius 3 is 2.00 bits per heavy atom. The van der Waals surface area contributed by atoms with Gasteiger partial charge in [0.25, 0.3) is 0 Å². The van der Waals surface area contributed by atoms with Crippen molar-refractivity contribution < 1.29 is 26.8 Å². The predicted octanol–water partition coefficient (Wildman–Crippen LogP) is 3.37. The molecule has 0 saturated heterocycles. The second-order valence-electron chi connectivity index (χ2n) is 5.37. The summed E-state index contributed by atoms with van der Waals surface area (Å²) in [5, 5.41) is 5.19. The summed E-state index contributed by atoms with van der Waals surface area (Å²) in [6.07, 6.45) is 0. The molecule has 2 aromatic rings. The van der Waals surface area contributed by atoms with Crippen LogP contribution in [0.15, 0.2) is 58.3 Å². The van der Waals surface area contributed by atoms with Crippen molar-refractivity contribution in [1.29, 1.82) is 0 Å². The zero-order chi connectivity index (χ0) is 20.0. The number of rotatable bonds is 7. The van der Waals surface area contributed by atoms with E-state index in [-0.39, 0.29) is 17.6 Å². The third-order valence-electron chi connectivity index (χ3n) is 3.25. The smallest absolute Gasteiger partial charge is 0.326 e. The molecule has 0 radical (unpaired) electrons. The van der Waals surface area contributed by atoms with Gasteiger partial charge in [-0.15, -0.1) is 11.8 Å². The lowest BCUT2D eigenvalue weighted by Gasteiger charge is -2.08. The minimum absolute atomic E-state index is 0.0938. The Kier molecular flexibility index (Phi) is 6.92. The number of hydrogen-bond acceptors (Lipinski definition) is 5. The highest BCUT2D eigenvalue weighted by molar-refractivity contribution is 8.00. The van der Waals surface area contributed by atoms with Gasteiger partial charge in [0, 0.05) is 23.2 Å². The van der Waals surface area contributed by atoms with Crippen molar-refractivity contribution in [3.05, 3.63) is 48.5 Å². The van der Waals surface area contributed by atoms with E-state index in [4.69, 9.17) is 0 Å². The van der Waals surface area contributed by atoms with Crippen molar-refractivity contribution >= 4 is 44.8 Å². The number of anilines is 2. The maximum Gasteiger partial charge on any atom is 0.341 e. The minimum Gasteiger partial charge on any atom is -0.326 e. The van der Waals surface area contributed by atoms with Gasteiger partial charge in [0.05, 0.1) is 10.6 Å². The molecule has 0 heterocycles. The molecule has 0 aromatic heterocycles. The molecule has 0 spiro atoms. The maximum atomic E-state index is 12.5. The molecule has 10 heteroatoms. The fraction of sp³-hybridized carbons (Fsp3) is 0.176. The number of alkyl halides is 2. The van der Waals surface area contributed by atoms with Gasteiger partial charge in [0.1, 0.15) is 0 Å². The first-order chi connectivity index (χ1) is 12.7. The molecule has 6 nitrogen and oxygen atoms in total. The molecule has 2 N–H and O–H groups in total. The van der Waals surface area contributed by atoms with E-state index in [1.165, 1.54) is 30.8 Å². The van der Waals surface area contributed by atoms with Crippen LogP contribution in [0, 0.1) is 0 Å². The molecule has 0 unspecified atom stereocenters. The monoisotopic (exact) mass is 414 g/mol. The number of carbonyl (C=O) groups is 2. The Hall–Kier alpha value is -2.46. The van der Waals surface area contributed by atoms with Crippen molar-refractivity contribution in [1.82, 2.24) is 0 Å². The number of nitrogens with one attached hydrogen (secondary N) is 2. The summed E-state index contributed by atoms with van der Waals surface area (Å²) >= 11 is 1.27. The molecule has 0 aliphatic heterocycles. The standard InChI is InChI=1S/C17H16F2N2O4S2/c1-11(22)20-12-2-6-14(7-3-12)26-10-16(23)21-13-4-8-15(9-5-13)27(24,25)17(18)19/h2-9,17H,10H2,1H3,(H,20,22)(H,21,23). The summed E-state index contributed by atoms with van der Waals surface area (Å²) in [5.41, 5.74) is 0.949. The molecule has 2 amide bonds. The van der Waals surface area contributed by atoms with Gasteiger partial charge in [-0.2, -0.15) is 8.78 Å². The molecule has 0 aliphatic rings. The Labute approximate surface area is 159 Å². The van der Waals surface area contributed by atoms with E-state index in [2.05, 4.69) is 10.6 Å². The van der Waals surface area contributed by atoms with Gasteiger partial charge in [-0.25, -0.2) is 8.42 Å². The molecule has 0 aliphatic carbocycles. The third-order valence-corrected chi connectivity index (χ3v) is 5.66. The van der Waals surface area contributed by atoms with E-state index in [0.717, 1.165) is 17.0 Å². The Balaban J connectivity index is 1.89. The topological polar surface area (TPSA) is 92.3 Å². The van der Waals surface area contributed by atoms with Crippen LogP contribution in [-0.4, -0.2) is 31.7 Å². The summed E-state index contributed by atoms with van der Waals surface area (Å²) in [6.45, 7) is 1.41. The minimum atomic E-state index is -4.66. The first-order valence-corrected chi connectivity index (χ1v) is 10.1. The molecule has 0 saturated carbocycles. The van der Waals surface area contributed by atoms with Crippen LogP contribution in [0.25, 0.3) is 0 Å². The Morgan fingerprint density at radius 1 is 0.963 bits per heavy atom. The van der Waals surface area contributed by atoms with Gasteiger partial charge >= 0.3 is 5.76 Å². The maximum absolute atomic E-state index is 12.5. The van der Waals surface area contributed by atoms with Crippen LogP contribution in [0.5, 0.6) is 0 Å². The summed E-state index contributed by atoms with van der Waals surface area (Å²) in [4.78, 5) is 23.2. The number of sulfone groups is 1. The van der Waals surface area contributed by atoms with E-state index in [9.17, 15) is 26.8 Å². The van der Waals surface area contributed by atoms with Crippen molar-refractivity contribution in [2.24, 2.45) is 0 Å². The number of carbonyl (C=O) groups excluding carboxylic acids is 2. The molecule has 2 aromatic carbocycles. The van der Waals surface area contributed by atoms with Crippen LogP contribution in [0.1, 0.15) is 6.92 Å². The van der Waals surface area contributed by atoms with Gasteiger partial charge in [-0.3, -0.25) is 9.59 Å². The fourth-order valence-electron chi connectivity index (χ4n) is 2.01. The molecular formula is C17H16F2N2O4S2. The van der Waals surface area contributed by atoms with Crippen LogP contribution >= 0.6 is 11.8 Å². The van der Waals surface area contributed by atoms with Crippen LogP contribution in [-0.2, 0) is 19.4 Å². The molecule has 144 valence electrons. The number of benzene rings is 2. The highest BCUT2D eigenvalue weighted by atomic mass is 32.2. The van der Waals surface area contributed by atoms with Gasteiger partial charge in [0.2, 0.25) is 21.7 Å². The molecule has 0 fully saturated rings.